The van der Waals surface area contributed by atoms with E-state index in [0.29, 0.717) is 18.1 Å². The molecule has 0 aliphatic heterocycles. The Morgan fingerprint density at radius 2 is 1.89 bits per heavy atom. The molecule has 0 radical (unpaired) electrons. The standard InChI is InChI=1S/C14H17FN4/c1-10(12-5-3-4-6-13(12)15)19(2)14-17-8-11(7-16)9-18-14/h3-6,8-10H,7,16H2,1-2H3. The highest BCUT2D eigenvalue weighted by Gasteiger charge is 2.17. The fraction of sp³-hybridized carbons (Fsp3) is 0.286. The Morgan fingerprint density at radius 1 is 1.26 bits per heavy atom. The van der Waals surface area contributed by atoms with E-state index in [9.17, 15) is 4.39 Å². The lowest BCUT2D eigenvalue weighted by Gasteiger charge is -2.25. The topological polar surface area (TPSA) is 55.0 Å². The number of halogens is 1. The van der Waals surface area contributed by atoms with Gasteiger partial charge in [-0.15, -0.1) is 0 Å². The summed E-state index contributed by atoms with van der Waals surface area (Å²) in [6, 6.07) is 6.58. The molecular weight excluding hydrogens is 243 g/mol. The molecule has 1 aromatic heterocycles. The van der Waals surface area contributed by atoms with Crippen LogP contribution in [0.4, 0.5) is 10.3 Å². The third kappa shape index (κ3) is 2.88. The van der Waals surface area contributed by atoms with E-state index in [0.717, 1.165) is 5.56 Å². The molecule has 0 bridgehead atoms. The van der Waals surface area contributed by atoms with E-state index in [1.807, 2.05) is 24.9 Å². The van der Waals surface area contributed by atoms with Crippen LogP contribution in [0.3, 0.4) is 0 Å². The van der Waals surface area contributed by atoms with Gasteiger partial charge in [0, 0.05) is 37.1 Å². The molecule has 1 unspecified atom stereocenters. The number of anilines is 1. The molecule has 1 aromatic carbocycles. The van der Waals surface area contributed by atoms with Crippen LogP contribution in [0, 0.1) is 5.82 Å². The van der Waals surface area contributed by atoms with Crippen molar-refractivity contribution in [3.05, 3.63) is 53.6 Å². The molecule has 0 aliphatic rings. The summed E-state index contributed by atoms with van der Waals surface area (Å²) in [6.45, 7) is 2.32. The Labute approximate surface area is 112 Å². The van der Waals surface area contributed by atoms with Gasteiger partial charge in [-0.1, -0.05) is 18.2 Å². The number of nitrogens with two attached hydrogens (primary N) is 1. The molecule has 2 aromatic rings. The summed E-state index contributed by atoms with van der Waals surface area (Å²) in [5.41, 5.74) is 7.00. The summed E-state index contributed by atoms with van der Waals surface area (Å²) >= 11 is 0. The second kappa shape index (κ2) is 5.75. The third-order valence-corrected chi connectivity index (χ3v) is 3.18. The molecule has 5 heteroatoms. The Kier molecular flexibility index (Phi) is 4.06. The van der Waals surface area contributed by atoms with Crippen molar-refractivity contribution >= 4 is 5.95 Å². The zero-order valence-corrected chi connectivity index (χ0v) is 11.0. The van der Waals surface area contributed by atoms with Crippen molar-refractivity contribution in [2.24, 2.45) is 5.73 Å². The van der Waals surface area contributed by atoms with E-state index in [1.54, 1.807) is 24.5 Å². The predicted octanol–water partition coefficient (Wildman–Crippen LogP) is 2.27. The van der Waals surface area contributed by atoms with E-state index >= 15 is 0 Å². The van der Waals surface area contributed by atoms with Gasteiger partial charge in [-0.2, -0.15) is 0 Å². The van der Waals surface area contributed by atoms with Gasteiger partial charge in [0.05, 0.1) is 6.04 Å². The molecule has 1 heterocycles. The lowest BCUT2D eigenvalue weighted by molar-refractivity contribution is 0.582. The highest BCUT2D eigenvalue weighted by molar-refractivity contribution is 5.35. The molecule has 100 valence electrons. The van der Waals surface area contributed by atoms with Crippen LogP contribution in [0.1, 0.15) is 24.1 Å². The number of aromatic nitrogens is 2. The molecule has 4 nitrogen and oxygen atoms in total. The fourth-order valence-electron chi connectivity index (χ4n) is 1.83. The highest BCUT2D eigenvalue weighted by Crippen LogP contribution is 2.24. The number of rotatable bonds is 4. The lowest BCUT2D eigenvalue weighted by atomic mass is 10.1. The van der Waals surface area contributed by atoms with Crippen molar-refractivity contribution in [1.29, 1.82) is 0 Å². The zero-order chi connectivity index (χ0) is 13.8. The Balaban J connectivity index is 2.23. The summed E-state index contributed by atoms with van der Waals surface area (Å²) in [5, 5.41) is 0. The normalized spacial score (nSPS) is 12.2. The van der Waals surface area contributed by atoms with E-state index in [4.69, 9.17) is 5.73 Å². The van der Waals surface area contributed by atoms with Crippen LogP contribution in [0.5, 0.6) is 0 Å². The zero-order valence-electron chi connectivity index (χ0n) is 11.0. The molecule has 19 heavy (non-hydrogen) atoms. The largest absolute Gasteiger partial charge is 0.337 e. The molecular formula is C14H17FN4. The minimum atomic E-state index is -0.222. The van der Waals surface area contributed by atoms with Gasteiger partial charge in [0.2, 0.25) is 5.95 Å². The summed E-state index contributed by atoms with van der Waals surface area (Å²) in [4.78, 5) is 10.3. The number of benzene rings is 1. The molecule has 0 spiro atoms. The monoisotopic (exact) mass is 260 g/mol. The number of hydrogen-bond donors (Lipinski definition) is 1. The van der Waals surface area contributed by atoms with Gasteiger partial charge in [-0.3, -0.25) is 0 Å². The van der Waals surface area contributed by atoms with Crippen LogP contribution in [0.15, 0.2) is 36.7 Å². The molecule has 2 N–H and O–H groups in total. The van der Waals surface area contributed by atoms with Gasteiger partial charge in [0.1, 0.15) is 5.82 Å². The molecule has 2 rings (SSSR count). The average molecular weight is 260 g/mol. The molecule has 0 saturated carbocycles. The maximum absolute atomic E-state index is 13.8. The first kappa shape index (κ1) is 13.4. The SMILES string of the molecule is CC(c1ccccc1F)N(C)c1ncc(CN)cn1. The van der Waals surface area contributed by atoms with Gasteiger partial charge in [0.15, 0.2) is 0 Å². The molecule has 0 aliphatic carbocycles. The Bertz CT molecular complexity index is 541. The lowest BCUT2D eigenvalue weighted by Crippen LogP contribution is -2.24. The van der Waals surface area contributed by atoms with Gasteiger partial charge >= 0.3 is 0 Å². The van der Waals surface area contributed by atoms with Crippen molar-refractivity contribution in [2.75, 3.05) is 11.9 Å². The van der Waals surface area contributed by atoms with E-state index in [-0.39, 0.29) is 11.9 Å². The average Bonchev–Trinajstić information content (AvgIpc) is 2.46. The summed E-state index contributed by atoms with van der Waals surface area (Å²) < 4.78 is 13.8. The summed E-state index contributed by atoms with van der Waals surface area (Å²) in [5.74, 6) is 0.327. The van der Waals surface area contributed by atoms with Crippen molar-refractivity contribution in [2.45, 2.75) is 19.5 Å². The van der Waals surface area contributed by atoms with E-state index in [1.165, 1.54) is 6.07 Å². The molecule has 1 atom stereocenters. The van der Waals surface area contributed by atoms with Crippen LogP contribution < -0.4 is 10.6 Å². The Hall–Kier alpha value is -2.01. The van der Waals surface area contributed by atoms with Crippen molar-refractivity contribution in [1.82, 2.24) is 9.97 Å². The first-order chi connectivity index (χ1) is 9.13. The quantitative estimate of drug-likeness (QED) is 0.916. The number of nitrogens with zero attached hydrogens (tertiary/aromatic N) is 3. The first-order valence-electron chi connectivity index (χ1n) is 6.11. The van der Waals surface area contributed by atoms with Gasteiger partial charge in [-0.05, 0) is 13.0 Å². The van der Waals surface area contributed by atoms with E-state index in [2.05, 4.69) is 9.97 Å². The van der Waals surface area contributed by atoms with Crippen LogP contribution in [0.25, 0.3) is 0 Å². The van der Waals surface area contributed by atoms with Gasteiger partial charge in [-0.25, -0.2) is 14.4 Å². The highest BCUT2D eigenvalue weighted by atomic mass is 19.1. The van der Waals surface area contributed by atoms with E-state index < -0.39 is 0 Å². The van der Waals surface area contributed by atoms with Crippen LogP contribution in [-0.4, -0.2) is 17.0 Å². The second-order valence-corrected chi connectivity index (χ2v) is 4.40. The number of hydrogen-bond acceptors (Lipinski definition) is 4. The predicted molar refractivity (Wildman–Crippen MR) is 73.1 cm³/mol. The summed E-state index contributed by atoms with van der Waals surface area (Å²) in [6.07, 6.45) is 3.37. The second-order valence-electron chi connectivity index (χ2n) is 4.40. The summed E-state index contributed by atoms with van der Waals surface area (Å²) in [7, 11) is 1.84. The minimum Gasteiger partial charge on any atom is -0.337 e. The third-order valence-electron chi connectivity index (χ3n) is 3.18. The maximum Gasteiger partial charge on any atom is 0.225 e. The van der Waals surface area contributed by atoms with Crippen molar-refractivity contribution < 1.29 is 4.39 Å². The minimum absolute atomic E-state index is 0.148. The van der Waals surface area contributed by atoms with Crippen LogP contribution in [0.2, 0.25) is 0 Å². The maximum atomic E-state index is 13.8. The van der Waals surface area contributed by atoms with Crippen LogP contribution in [-0.2, 0) is 6.54 Å². The van der Waals surface area contributed by atoms with Gasteiger partial charge in [0.25, 0.3) is 0 Å². The van der Waals surface area contributed by atoms with Crippen LogP contribution >= 0.6 is 0 Å². The molecule has 0 fully saturated rings. The smallest absolute Gasteiger partial charge is 0.225 e. The van der Waals surface area contributed by atoms with Crippen molar-refractivity contribution in [3.8, 4) is 0 Å². The van der Waals surface area contributed by atoms with Gasteiger partial charge < -0.3 is 10.6 Å². The molecule has 0 amide bonds. The van der Waals surface area contributed by atoms with Crippen molar-refractivity contribution in [3.63, 3.8) is 0 Å². The molecule has 0 saturated heterocycles. The Morgan fingerprint density at radius 3 is 2.47 bits per heavy atom. The first-order valence-corrected chi connectivity index (χ1v) is 6.11. The fourth-order valence-corrected chi connectivity index (χ4v) is 1.83.